The van der Waals surface area contributed by atoms with Crippen molar-refractivity contribution in [3.63, 3.8) is 0 Å². The first kappa shape index (κ1) is 25.2. The van der Waals surface area contributed by atoms with Crippen LogP contribution in [0.4, 0.5) is 13.2 Å². The molecule has 3 aromatic rings. The van der Waals surface area contributed by atoms with Crippen molar-refractivity contribution in [2.75, 3.05) is 0 Å². The van der Waals surface area contributed by atoms with Gasteiger partial charge in [0.15, 0.2) is 5.78 Å². The summed E-state index contributed by atoms with van der Waals surface area (Å²) in [6.07, 6.45) is -1.23. The minimum Gasteiger partial charge on any atom is -0.404 e. The highest BCUT2D eigenvalue weighted by molar-refractivity contribution is 6.32. The second kappa shape index (κ2) is 9.29. The first-order valence-electron chi connectivity index (χ1n) is 11.4. The summed E-state index contributed by atoms with van der Waals surface area (Å²) in [6, 6.07) is 2.45. The smallest absolute Gasteiger partial charge is 0.404 e. The molecule has 1 aliphatic rings. The summed E-state index contributed by atoms with van der Waals surface area (Å²) in [6.45, 7) is 5.76. The molecule has 1 N–H and O–H groups in total. The van der Waals surface area contributed by atoms with Crippen molar-refractivity contribution in [3.8, 4) is 5.75 Å². The summed E-state index contributed by atoms with van der Waals surface area (Å²) in [5.41, 5.74) is 2.41. The quantitative estimate of drug-likeness (QED) is 0.495. The van der Waals surface area contributed by atoms with Crippen molar-refractivity contribution in [1.82, 2.24) is 19.7 Å². The van der Waals surface area contributed by atoms with Gasteiger partial charge in [-0.05, 0) is 42.7 Å². The molecule has 0 saturated carbocycles. The molecule has 35 heavy (non-hydrogen) atoms. The molecule has 188 valence electrons. The second-order valence-corrected chi connectivity index (χ2v) is 10.5. The molecule has 0 amide bonds. The molecule has 1 aliphatic carbocycles. The summed E-state index contributed by atoms with van der Waals surface area (Å²) in [5, 5.41) is 4.33. The number of carbonyl (C=O) groups excluding carboxylic acids is 1. The number of H-pyrrole nitrogens is 1. The third-order valence-electron chi connectivity index (χ3n) is 5.75. The Labute approximate surface area is 204 Å². The molecule has 1 aromatic carbocycles. The lowest BCUT2D eigenvalue weighted by Crippen LogP contribution is -2.34. The predicted octanol–water partition coefficient (Wildman–Crippen LogP) is 5.15. The van der Waals surface area contributed by atoms with Gasteiger partial charge in [-0.15, -0.1) is 13.2 Å². The van der Waals surface area contributed by atoms with Gasteiger partial charge in [0.25, 0.3) is 5.56 Å². The largest absolute Gasteiger partial charge is 0.573 e. The zero-order valence-electron chi connectivity index (χ0n) is 19.7. The van der Waals surface area contributed by atoms with Gasteiger partial charge >= 0.3 is 6.36 Å². The number of aromatic nitrogens is 4. The third kappa shape index (κ3) is 6.04. The number of hydrogen-bond acceptors (Lipinski definition) is 5. The van der Waals surface area contributed by atoms with Gasteiger partial charge in [0.1, 0.15) is 18.1 Å². The number of carbonyl (C=O) groups is 1. The van der Waals surface area contributed by atoms with Crippen LogP contribution in [-0.2, 0) is 30.6 Å². The molecule has 0 spiro atoms. The van der Waals surface area contributed by atoms with Crippen molar-refractivity contribution < 1.29 is 22.7 Å². The molecule has 0 fully saturated rings. The normalized spacial score (nSPS) is 14.3. The number of ether oxygens (including phenoxy) is 1. The Balaban J connectivity index is 1.69. The maximum Gasteiger partial charge on any atom is 0.573 e. The van der Waals surface area contributed by atoms with Crippen molar-refractivity contribution >= 4 is 28.4 Å². The molecule has 0 atom stereocenters. The third-order valence-corrected chi connectivity index (χ3v) is 6.04. The van der Waals surface area contributed by atoms with Gasteiger partial charge in [-0.3, -0.25) is 9.59 Å². The lowest BCUT2D eigenvalue weighted by Gasteiger charge is -2.21. The lowest BCUT2D eigenvalue weighted by molar-refractivity contribution is -0.274. The maximum absolute atomic E-state index is 13.1. The van der Waals surface area contributed by atoms with Crippen LogP contribution in [0.5, 0.6) is 5.75 Å². The molecule has 2 heterocycles. The van der Waals surface area contributed by atoms with E-state index >= 15 is 0 Å². The number of halogens is 4. The lowest BCUT2D eigenvalue weighted by atomic mass is 9.89. The van der Waals surface area contributed by atoms with Crippen LogP contribution in [0.2, 0.25) is 5.02 Å². The monoisotopic (exact) mass is 510 g/mol. The van der Waals surface area contributed by atoms with E-state index in [0.29, 0.717) is 41.9 Å². The van der Waals surface area contributed by atoms with Gasteiger partial charge in [0.2, 0.25) is 0 Å². The van der Waals surface area contributed by atoms with Crippen LogP contribution in [0, 0.1) is 5.41 Å². The number of aromatic amines is 1. The van der Waals surface area contributed by atoms with E-state index in [9.17, 15) is 22.8 Å². The minimum atomic E-state index is -4.88. The highest BCUT2D eigenvalue weighted by Crippen LogP contribution is 2.33. The Hall–Kier alpha value is -2.88. The number of Topliss-reactive ketones (excluding diaryl/α,β-unsaturated/α-hetero) is 1. The number of rotatable bonds is 6. The minimum absolute atomic E-state index is 0.0793. The molecule has 11 heteroatoms. The topological polar surface area (TPSA) is 89.9 Å². The summed E-state index contributed by atoms with van der Waals surface area (Å²) >= 11 is 5.95. The first-order chi connectivity index (χ1) is 16.3. The number of hydrogen-bond donors (Lipinski definition) is 1. The van der Waals surface area contributed by atoms with Gasteiger partial charge < -0.3 is 9.72 Å². The van der Waals surface area contributed by atoms with E-state index < -0.39 is 12.1 Å². The van der Waals surface area contributed by atoms with Crippen molar-refractivity contribution in [1.29, 1.82) is 0 Å². The number of imidazole rings is 1. The van der Waals surface area contributed by atoms with Crippen LogP contribution in [0.1, 0.15) is 62.7 Å². The zero-order valence-corrected chi connectivity index (χ0v) is 20.4. The number of nitrogens with one attached hydrogen (secondary N) is 1. The molecule has 0 saturated heterocycles. The number of nitrogens with zero attached hydrogens (tertiary/aromatic N) is 3. The van der Waals surface area contributed by atoms with E-state index in [2.05, 4.69) is 19.8 Å². The van der Waals surface area contributed by atoms with Gasteiger partial charge in [-0.25, -0.2) is 9.67 Å². The summed E-state index contributed by atoms with van der Waals surface area (Å²) in [5.74, 6) is -0.165. The van der Waals surface area contributed by atoms with Crippen molar-refractivity contribution in [2.45, 2.75) is 72.2 Å². The van der Waals surface area contributed by atoms with Crippen LogP contribution in [-0.4, -0.2) is 31.9 Å². The van der Waals surface area contributed by atoms with Crippen molar-refractivity contribution in [2.24, 2.45) is 5.41 Å². The Kier molecular flexibility index (Phi) is 6.70. The number of ketones is 1. The molecule has 7 nitrogen and oxygen atoms in total. The molecule has 0 bridgehead atoms. The zero-order chi connectivity index (χ0) is 25.5. The van der Waals surface area contributed by atoms with E-state index in [1.165, 1.54) is 10.7 Å². The summed E-state index contributed by atoms with van der Waals surface area (Å²) < 4.78 is 43.2. The highest BCUT2D eigenvalue weighted by atomic mass is 35.5. The first-order valence-corrected chi connectivity index (χ1v) is 11.7. The summed E-state index contributed by atoms with van der Waals surface area (Å²) in [4.78, 5) is 33.1. The van der Waals surface area contributed by atoms with Crippen LogP contribution in [0.3, 0.4) is 0 Å². The van der Waals surface area contributed by atoms with Crippen molar-refractivity contribution in [3.05, 3.63) is 50.2 Å². The Morgan fingerprint density at radius 1 is 1.17 bits per heavy atom. The Bertz CT molecular complexity index is 1340. The SMILES string of the molecule is CC(C)(C)CC(=O)Cn1nc(Cc2nc3cc(OC(F)(F)F)c(Cl)cc3[nH]2)c2c(c1=O)CCCC2. The number of alkyl halides is 3. The van der Waals surface area contributed by atoms with Gasteiger partial charge in [-0.2, -0.15) is 5.10 Å². The number of fused-ring (bicyclic) bond motifs is 2. The molecular weight excluding hydrogens is 485 g/mol. The second-order valence-electron chi connectivity index (χ2n) is 10.1. The van der Waals surface area contributed by atoms with Gasteiger partial charge in [-0.1, -0.05) is 32.4 Å². The van der Waals surface area contributed by atoms with E-state index in [4.69, 9.17) is 11.6 Å². The molecule has 0 unspecified atom stereocenters. The Morgan fingerprint density at radius 3 is 2.51 bits per heavy atom. The molecule has 2 aromatic heterocycles. The van der Waals surface area contributed by atoms with Crippen LogP contribution < -0.4 is 10.3 Å². The Morgan fingerprint density at radius 2 is 1.86 bits per heavy atom. The average molecular weight is 511 g/mol. The fourth-order valence-electron chi connectivity index (χ4n) is 4.44. The fourth-order valence-corrected chi connectivity index (χ4v) is 4.64. The molecular formula is C24H26ClF3N4O3. The van der Waals surface area contributed by atoms with E-state index in [1.807, 2.05) is 20.8 Å². The molecule has 0 radical (unpaired) electrons. The number of benzene rings is 1. The average Bonchev–Trinajstić information content (AvgIpc) is 3.10. The van der Waals surface area contributed by atoms with E-state index in [1.54, 1.807) is 0 Å². The van der Waals surface area contributed by atoms with Gasteiger partial charge in [0.05, 0.1) is 28.2 Å². The maximum atomic E-state index is 13.1. The standard InChI is InChI=1S/C24H26ClF3N4O3/c1-23(2,3)11-13(33)12-32-22(34)15-7-5-4-6-14(15)17(31-32)10-21-29-18-8-16(25)20(9-19(18)30-21)35-24(26,27)28/h8-9H,4-7,10-12H2,1-3H3,(H,29,30). The fraction of sp³-hybridized carbons (Fsp3) is 0.500. The van der Waals surface area contributed by atoms with Crippen LogP contribution in [0.25, 0.3) is 11.0 Å². The highest BCUT2D eigenvalue weighted by Gasteiger charge is 2.32. The van der Waals surface area contributed by atoms with Crippen LogP contribution >= 0.6 is 11.6 Å². The van der Waals surface area contributed by atoms with E-state index in [-0.39, 0.29) is 40.3 Å². The summed E-state index contributed by atoms with van der Waals surface area (Å²) in [7, 11) is 0. The molecule has 4 rings (SSSR count). The van der Waals surface area contributed by atoms with Gasteiger partial charge in [0, 0.05) is 18.1 Å². The predicted molar refractivity (Wildman–Crippen MR) is 125 cm³/mol. The van der Waals surface area contributed by atoms with E-state index in [0.717, 1.165) is 24.5 Å². The van der Waals surface area contributed by atoms with Crippen LogP contribution in [0.15, 0.2) is 16.9 Å². The molecule has 0 aliphatic heterocycles.